The number of rotatable bonds is 7. The molecule has 1 heterocycles. The highest BCUT2D eigenvalue weighted by atomic mass is 19.1. The van der Waals surface area contributed by atoms with Gasteiger partial charge in [-0.3, -0.25) is 9.48 Å². The lowest BCUT2D eigenvalue weighted by molar-refractivity contribution is -0.124. The minimum atomic E-state index is -0.323. The Kier molecular flexibility index (Phi) is 5.68. The highest BCUT2D eigenvalue weighted by Crippen LogP contribution is 2.41. The Morgan fingerprint density at radius 1 is 1.26 bits per heavy atom. The molecule has 0 aliphatic heterocycles. The molecule has 1 aromatic heterocycles. The monoisotopic (exact) mass is 371 g/mol. The second kappa shape index (κ2) is 7.83. The van der Waals surface area contributed by atoms with Gasteiger partial charge in [0.1, 0.15) is 5.82 Å². The molecular formula is C22H30FN3O. The topological polar surface area (TPSA) is 46.9 Å². The van der Waals surface area contributed by atoms with E-state index in [-0.39, 0.29) is 17.3 Å². The number of nitrogens with zero attached hydrogens (tertiary/aromatic N) is 2. The molecule has 146 valence electrons. The summed E-state index contributed by atoms with van der Waals surface area (Å²) in [7, 11) is 0. The molecule has 5 heteroatoms. The maximum atomic E-state index is 13.2. The summed E-state index contributed by atoms with van der Waals surface area (Å²) in [6, 6.07) is 6.52. The third-order valence-corrected chi connectivity index (χ3v) is 5.65. The third-order valence-electron chi connectivity index (χ3n) is 5.65. The van der Waals surface area contributed by atoms with Crippen molar-refractivity contribution in [3.05, 3.63) is 52.6 Å². The predicted octanol–water partition coefficient (Wildman–Crippen LogP) is 4.42. The van der Waals surface area contributed by atoms with Crippen LogP contribution in [0.5, 0.6) is 0 Å². The smallest absolute Gasteiger partial charge is 0.221 e. The lowest BCUT2D eigenvalue weighted by atomic mass is 9.71. The van der Waals surface area contributed by atoms with Crippen LogP contribution < -0.4 is 5.32 Å². The molecule has 1 N–H and O–H groups in total. The van der Waals surface area contributed by atoms with Crippen molar-refractivity contribution in [1.29, 1.82) is 0 Å². The largest absolute Gasteiger partial charge is 0.347 e. The molecule has 1 aliphatic carbocycles. The van der Waals surface area contributed by atoms with E-state index in [2.05, 4.69) is 35.9 Å². The van der Waals surface area contributed by atoms with E-state index >= 15 is 0 Å². The van der Waals surface area contributed by atoms with E-state index in [0.717, 1.165) is 42.8 Å². The number of benzene rings is 1. The molecule has 1 aromatic carbocycles. The number of hydrogen-bond donors (Lipinski definition) is 1. The zero-order valence-corrected chi connectivity index (χ0v) is 16.8. The fourth-order valence-corrected chi connectivity index (χ4v) is 3.97. The van der Waals surface area contributed by atoms with Crippen LogP contribution in [0.1, 0.15) is 62.0 Å². The molecule has 0 unspecified atom stereocenters. The first kappa shape index (κ1) is 19.6. The molecular weight excluding hydrogens is 341 g/mol. The number of carbonyl (C=O) groups excluding carboxylic acids is 1. The SMILES string of the molecule is Cc1nn(CC(C)C)c(C)c1CCC(=O)NC1(c2ccc(F)cc2)CCC1. The Morgan fingerprint density at radius 3 is 2.48 bits per heavy atom. The van der Waals surface area contributed by atoms with Crippen molar-refractivity contribution in [2.45, 2.75) is 71.9 Å². The van der Waals surface area contributed by atoms with Gasteiger partial charge in [0.25, 0.3) is 0 Å². The van der Waals surface area contributed by atoms with Crippen molar-refractivity contribution in [3.8, 4) is 0 Å². The first-order valence-electron chi connectivity index (χ1n) is 9.91. The molecule has 27 heavy (non-hydrogen) atoms. The van der Waals surface area contributed by atoms with Crippen LogP contribution >= 0.6 is 0 Å². The summed E-state index contributed by atoms with van der Waals surface area (Å²) in [4.78, 5) is 12.7. The number of nitrogens with one attached hydrogen (secondary N) is 1. The summed E-state index contributed by atoms with van der Waals surface area (Å²) in [6.45, 7) is 9.35. The van der Waals surface area contributed by atoms with Gasteiger partial charge in [-0.15, -0.1) is 0 Å². The van der Waals surface area contributed by atoms with Crippen molar-refractivity contribution < 1.29 is 9.18 Å². The van der Waals surface area contributed by atoms with E-state index in [4.69, 9.17) is 0 Å². The second-order valence-electron chi connectivity index (χ2n) is 8.22. The number of carbonyl (C=O) groups is 1. The van der Waals surface area contributed by atoms with Gasteiger partial charge in [-0.05, 0) is 68.7 Å². The van der Waals surface area contributed by atoms with E-state index in [1.54, 1.807) is 12.1 Å². The molecule has 0 bridgehead atoms. The van der Waals surface area contributed by atoms with Crippen LogP contribution in [0.25, 0.3) is 0 Å². The molecule has 0 atom stereocenters. The maximum absolute atomic E-state index is 13.2. The molecule has 0 spiro atoms. The van der Waals surface area contributed by atoms with Crippen LogP contribution in [0.3, 0.4) is 0 Å². The van der Waals surface area contributed by atoms with Gasteiger partial charge < -0.3 is 5.32 Å². The van der Waals surface area contributed by atoms with Gasteiger partial charge in [0.15, 0.2) is 0 Å². The number of aryl methyl sites for hydroxylation is 1. The summed E-state index contributed by atoms with van der Waals surface area (Å²) in [5, 5.41) is 7.86. The van der Waals surface area contributed by atoms with Crippen LogP contribution in [-0.4, -0.2) is 15.7 Å². The Hall–Kier alpha value is -2.17. The number of aromatic nitrogens is 2. The highest BCUT2D eigenvalue weighted by Gasteiger charge is 2.39. The molecule has 1 amide bonds. The minimum absolute atomic E-state index is 0.0504. The van der Waals surface area contributed by atoms with E-state index < -0.39 is 0 Å². The van der Waals surface area contributed by atoms with E-state index in [1.165, 1.54) is 17.7 Å². The first-order chi connectivity index (χ1) is 12.8. The summed E-state index contributed by atoms with van der Waals surface area (Å²) < 4.78 is 15.3. The molecule has 1 fully saturated rings. The zero-order chi connectivity index (χ0) is 19.6. The lowest BCUT2D eigenvalue weighted by Crippen LogP contribution is -2.50. The molecule has 1 aliphatic rings. The summed E-state index contributed by atoms with van der Waals surface area (Å²) in [5.41, 5.74) is 4.02. The predicted molar refractivity (Wildman–Crippen MR) is 105 cm³/mol. The van der Waals surface area contributed by atoms with Crippen LogP contribution in [0.15, 0.2) is 24.3 Å². The number of amides is 1. The van der Waals surface area contributed by atoms with E-state index in [9.17, 15) is 9.18 Å². The van der Waals surface area contributed by atoms with E-state index in [0.29, 0.717) is 18.8 Å². The quantitative estimate of drug-likeness (QED) is 0.783. The minimum Gasteiger partial charge on any atom is -0.347 e. The summed E-state index contributed by atoms with van der Waals surface area (Å²) in [5.74, 6) is 0.340. The second-order valence-corrected chi connectivity index (χ2v) is 8.22. The summed E-state index contributed by atoms with van der Waals surface area (Å²) in [6.07, 6.45) is 4.04. The number of halogens is 1. The van der Waals surface area contributed by atoms with Crippen molar-refractivity contribution >= 4 is 5.91 Å². The maximum Gasteiger partial charge on any atom is 0.221 e. The van der Waals surface area contributed by atoms with E-state index in [1.807, 2.05) is 6.92 Å². The van der Waals surface area contributed by atoms with Gasteiger partial charge in [-0.25, -0.2) is 4.39 Å². The molecule has 0 radical (unpaired) electrons. The highest BCUT2D eigenvalue weighted by molar-refractivity contribution is 5.77. The zero-order valence-electron chi connectivity index (χ0n) is 16.8. The number of hydrogen-bond acceptors (Lipinski definition) is 2. The molecule has 4 nitrogen and oxygen atoms in total. The van der Waals surface area contributed by atoms with Gasteiger partial charge >= 0.3 is 0 Å². The van der Waals surface area contributed by atoms with Gasteiger partial charge in [0.2, 0.25) is 5.91 Å². The fraction of sp³-hybridized carbons (Fsp3) is 0.545. The molecule has 0 saturated heterocycles. The average molecular weight is 372 g/mol. The standard InChI is InChI=1S/C22H30FN3O/c1-15(2)14-26-17(4)20(16(3)25-26)10-11-21(27)24-22(12-5-13-22)18-6-8-19(23)9-7-18/h6-9,15H,5,10-14H2,1-4H3,(H,24,27). The normalized spacial score (nSPS) is 15.6. The average Bonchev–Trinajstić information content (AvgIpc) is 2.83. The van der Waals surface area contributed by atoms with Crippen LogP contribution in [0.2, 0.25) is 0 Å². The van der Waals surface area contributed by atoms with Gasteiger partial charge in [-0.1, -0.05) is 26.0 Å². The summed E-state index contributed by atoms with van der Waals surface area (Å²) >= 11 is 0. The molecule has 1 saturated carbocycles. The van der Waals surface area contributed by atoms with Crippen molar-refractivity contribution in [2.24, 2.45) is 5.92 Å². The first-order valence-corrected chi connectivity index (χ1v) is 9.91. The molecule has 2 aromatic rings. The van der Waals surface area contributed by atoms with Crippen molar-refractivity contribution in [1.82, 2.24) is 15.1 Å². The third kappa shape index (κ3) is 4.23. The Labute approximate surface area is 161 Å². The van der Waals surface area contributed by atoms with Gasteiger partial charge in [0.05, 0.1) is 11.2 Å². The van der Waals surface area contributed by atoms with Crippen LogP contribution in [-0.2, 0) is 23.3 Å². The Bertz CT molecular complexity index is 804. The van der Waals surface area contributed by atoms with Crippen LogP contribution in [0.4, 0.5) is 4.39 Å². The lowest BCUT2D eigenvalue weighted by Gasteiger charge is -2.43. The van der Waals surface area contributed by atoms with Gasteiger partial charge in [-0.2, -0.15) is 5.10 Å². The Morgan fingerprint density at radius 2 is 1.93 bits per heavy atom. The molecule has 3 rings (SSSR count). The fourth-order valence-electron chi connectivity index (χ4n) is 3.97. The van der Waals surface area contributed by atoms with Gasteiger partial charge in [0, 0.05) is 18.7 Å². The van der Waals surface area contributed by atoms with Crippen molar-refractivity contribution in [2.75, 3.05) is 0 Å². The van der Waals surface area contributed by atoms with Crippen molar-refractivity contribution in [3.63, 3.8) is 0 Å². The Balaban J connectivity index is 1.64. The van der Waals surface area contributed by atoms with Crippen LogP contribution in [0, 0.1) is 25.6 Å².